The molecule has 0 radical (unpaired) electrons. The first-order chi connectivity index (χ1) is 12.5. The molecule has 0 saturated carbocycles. The second-order valence-electron chi connectivity index (χ2n) is 5.20. The van der Waals surface area contributed by atoms with Crippen molar-refractivity contribution in [3.05, 3.63) is 64.7 Å². The van der Waals surface area contributed by atoms with Crippen molar-refractivity contribution in [1.29, 1.82) is 5.26 Å². The van der Waals surface area contributed by atoms with Gasteiger partial charge in [0.15, 0.2) is 0 Å². The minimum Gasteiger partial charge on any atom is -0.423 e. The molecule has 0 saturated heterocycles. The van der Waals surface area contributed by atoms with Gasteiger partial charge in [-0.2, -0.15) is 10.2 Å². The van der Waals surface area contributed by atoms with Gasteiger partial charge in [-0.05, 0) is 36.4 Å². The standard InChI is InChI=1S/C18H12ClN5O2/c19-14-4-2-1-3-12(14)17(25)26-11-7-5-10(6-8-11)15-13(9-20)16(21)24-18(22)23-15/h1-8H,(H4,21,22,23,24). The highest BCUT2D eigenvalue weighted by atomic mass is 35.5. The number of hydrogen-bond acceptors (Lipinski definition) is 7. The Balaban J connectivity index is 1.87. The number of hydrogen-bond donors (Lipinski definition) is 2. The average molecular weight is 366 g/mol. The quantitative estimate of drug-likeness (QED) is 0.539. The molecule has 0 atom stereocenters. The normalized spacial score (nSPS) is 10.2. The van der Waals surface area contributed by atoms with Crippen LogP contribution in [0, 0.1) is 11.3 Å². The monoisotopic (exact) mass is 365 g/mol. The molecule has 0 aliphatic rings. The molecule has 3 aromatic rings. The van der Waals surface area contributed by atoms with E-state index in [0.717, 1.165) is 0 Å². The molecular formula is C18H12ClN5O2. The lowest BCUT2D eigenvalue weighted by Crippen LogP contribution is -2.09. The molecule has 1 heterocycles. The van der Waals surface area contributed by atoms with E-state index < -0.39 is 5.97 Å². The molecule has 7 nitrogen and oxygen atoms in total. The van der Waals surface area contributed by atoms with Gasteiger partial charge in [0.25, 0.3) is 0 Å². The number of ether oxygens (including phenoxy) is 1. The summed E-state index contributed by atoms with van der Waals surface area (Å²) in [5, 5.41) is 9.55. The number of nitrogens with zero attached hydrogens (tertiary/aromatic N) is 3. The van der Waals surface area contributed by atoms with Crippen LogP contribution in [0.4, 0.5) is 11.8 Å². The molecule has 0 amide bonds. The summed E-state index contributed by atoms with van der Waals surface area (Å²) >= 11 is 5.98. The first-order valence-corrected chi connectivity index (χ1v) is 7.77. The predicted molar refractivity (Wildman–Crippen MR) is 97.4 cm³/mol. The number of benzene rings is 2. The van der Waals surface area contributed by atoms with Gasteiger partial charge in [0.05, 0.1) is 16.3 Å². The van der Waals surface area contributed by atoms with Crippen molar-refractivity contribution in [1.82, 2.24) is 9.97 Å². The highest BCUT2D eigenvalue weighted by molar-refractivity contribution is 6.33. The molecule has 3 rings (SSSR count). The van der Waals surface area contributed by atoms with Crippen LogP contribution in [0.5, 0.6) is 5.75 Å². The lowest BCUT2D eigenvalue weighted by atomic mass is 10.1. The number of aromatic nitrogens is 2. The van der Waals surface area contributed by atoms with Crippen LogP contribution in [0.3, 0.4) is 0 Å². The summed E-state index contributed by atoms with van der Waals surface area (Å²) in [5.74, 6) is -0.293. The molecule has 1 aromatic heterocycles. The predicted octanol–water partition coefficient (Wildman–Crippen LogP) is 3.05. The summed E-state index contributed by atoms with van der Waals surface area (Å²) in [6.07, 6.45) is 0. The summed E-state index contributed by atoms with van der Waals surface area (Å²) in [5.41, 5.74) is 12.6. The van der Waals surface area contributed by atoms with E-state index in [9.17, 15) is 10.1 Å². The summed E-state index contributed by atoms with van der Waals surface area (Å²) in [6, 6.07) is 15.0. The second-order valence-corrected chi connectivity index (χ2v) is 5.60. The Bertz CT molecular complexity index is 1030. The highest BCUT2D eigenvalue weighted by Gasteiger charge is 2.15. The van der Waals surface area contributed by atoms with Gasteiger partial charge in [-0.1, -0.05) is 23.7 Å². The van der Waals surface area contributed by atoms with Crippen molar-refractivity contribution in [2.45, 2.75) is 0 Å². The van der Waals surface area contributed by atoms with Crippen LogP contribution in [-0.2, 0) is 0 Å². The molecule has 8 heteroatoms. The van der Waals surface area contributed by atoms with Gasteiger partial charge in [0.2, 0.25) is 5.95 Å². The lowest BCUT2D eigenvalue weighted by Gasteiger charge is -2.08. The van der Waals surface area contributed by atoms with Crippen molar-refractivity contribution in [3.8, 4) is 23.1 Å². The van der Waals surface area contributed by atoms with E-state index in [1.807, 2.05) is 6.07 Å². The topological polar surface area (TPSA) is 128 Å². The van der Waals surface area contributed by atoms with E-state index in [1.54, 1.807) is 48.5 Å². The highest BCUT2D eigenvalue weighted by Crippen LogP contribution is 2.27. The second kappa shape index (κ2) is 7.09. The van der Waals surface area contributed by atoms with Crippen LogP contribution in [0.25, 0.3) is 11.3 Å². The number of anilines is 2. The van der Waals surface area contributed by atoms with E-state index in [-0.39, 0.29) is 22.9 Å². The van der Waals surface area contributed by atoms with Crippen molar-refractivity contribution >= 4 is 29.3 Å². The van der Waals surface area contributed by atoms with Crippen molar-refractivity contribution < 1.29 is 9.53 Å². The Morgan fingerprint density at radius 3 is 2.42 bits per heavy atom. The number of nitriles is 1. The average Bonchev–Trinajstić information content (AvgIpc) is 2.62. The zero-order valence-electron chi connectivity index (χ0n) is 13.3. The fraction of sp³-hybridized carbons (Fsp3) is 0. The van der Waals surface area contributed by atoms with Crippen molar-refractivity contribution in [2.24, 2.45) is 0 Å². The number of nitrogen functional groups attached to an aromatic ring is 2. The Kier molecular flexibility index (Phi) is 4.69. The van der Waals surface area contributed by atoms with Crippen molar-refractivity contribution in [3.63, 3.8) is 0 Å². The Morgan fingerprint density at radius 1 is 1.08 bits per heavy atom. The third-order valence-electron chi connectivity index (χ3n) is 3.50. The molecule has 26 heavy (non-hydrogen) atoms. The Morgan fingerprint density at radius 2 is 1.77 bits per heavy atom. The minimum absolute atomic E-state index is 0.00391. The Hall–Kier alpha value is -3.63. The summed E-state index contributed by atoms with van der Waals surface area (Å²) in [4.78, 5) is 20.0. The number of esters is 1. The van der Waals surface area contributed by atoms with E-state index in [4.69, 9.17) is 27.8 Å². The molecule has 0 fully saturated rings. The maximum Gasteiger partial charge on any atom is 0.345 e. The maximum absolute atomic E-state index is 12.2. The molecule has 0 spiro atoms. The molecule has 4 N–H and O–H groups in total. The maximum atomic E-state index is 12.2. The zero-order chi connectivity index (χ0) is 18.7. The van der Waals surface area contributed by atoms with E-state index in [1.165, 1.54) is 0 Å². The molecule has 0 unspecified atom stereocenters. The smallest absolute Gasteiger partial charge is 0.345 e. The summed E-state index contributed by atoms with van der Waals surface area (Å²) < 4.78 is 5.31. The van der Waals surface area contributed by atoms with Crippen LogP contribution >= 0.6 is 11.6 Å². The third kappa shape index (κ3) is 3.41. The van der Waals surface area contributed by atoms with Gasteiger partial charge >= 0.3 is 5.97 Å². The largest absolute Gasteiger partial charge is 0.423 e. The van der Waals surface area contributed by atoms with E-state index in [0.29, 0.717) is 22.0 Å². The SMILES string of the molecule is N#Cc1c(N)nc(N)nc1-c1ccc(OC(=O)c2ccccc2Cl)cc1. The third-order valence-corrected chi connectivity index (χ3v) is 3.83. The van der Waals surface area contributed by atoms with Gasteiger partial charge in [-0.3, -0.25) is 0 Å². The van der Waals surface area contributed by atoms with Crippen LogP contribution < -0.4 is 16.2 Å². The molecule has 128 valence electrons. The van der Waals surface area contributed by atoms with Crippen LogP contribution in [-0.4, -0.2) is 15.9 Å². The first-order valence-electron chi connectivity index (χ1n) is 7.40. The van der Waals surface area contributed by atoms with Gasteiger partial charge in [0, 0.05) is 5.56 Å². The number of halogens is 1. The number of carbonyl (C=O) groups excluding carboxylic acids is 1. The number of nitrogens with two attached hydrogens (primary N) is 2. The summed E-state index contributed by atoms with van der Waals surface area (Å²) in [6.45, 7) is 0. The summed E-state index contributed by atoms with van der Waals surface area (Å²) in [7, 11) is 0. The van der Waals surface area contributed by atoms with E-state index in [2.05, 4.69) is 9.97 Å². The fourth-order valence-electron chi connectivity index (χ4n) is 2.28. The fourth-order valence-corrected chi connectivity index (χ4v) is 2.50. The molecule has 0 bridgehead atoms. The van der Waals surface area contributed by atoms with Gasteiger partial charge in [-0.25, -0.2) is 9.78 Å². The van der Waals surface area contributed by atoms with Gasteiger partial charge in [-0.15, -0.1) is 0 Å². The molecule has 0 aliphatic carbocycles. The molecule has 0 aliphatic heterocycles. The van der Waals surface area contributed by atoms with Crippen LogP contribution in [0.1, 0.15) is 15.9 Å². The van der Waals surface area contributed by atoms with Crippen molar-refractivity contribution in [2.75, 3.05) is 11.5 Å². The zero-order valence-corrected chi connectivity index (χ0v) is 14.1. The van der Waals surface area contributed by atoms with Crippen LogP contribution in [0.15, 0.2) is 48.5 Å². The minimum atomic E-state index is -0.573. The first kappa shape index (κ1) is 17.2. The Labute approximate surface area is 153 Å². The van der Waals surface area contributed by atoms with Gasteiger partial charge < -0.3 is 16.2 Å². The molecular weight excluding hydrogens is 354 g/mol. The number of rotatable bonds is 3. The van der Waals surface area contributed by atoms with Gasteiger partial charge in [0.1, 0.15) is 23.2 Å². The van der Waals surface area contributed by atoms with E-state index >= 15 is 0 Å². The lowest BCUT2D eigenvalue weighted by molar-refractivity contribution is 0.0735. The van der Waals surface area contributed by atoms with Crippen LogP contribution in [0.2, 0.25) is 5.02 Å². The number of carbonyl (C=O) groups is 1. The molecule has 2 aromatic carbocycles.